The lowest BCUT2D eigenvalue weighted by Gasteiger charge is -2.27. The van der Waals surface area contributed by atoms with Crippen molar-refractivity contribution in [2.45, 2.75) is 13.0 Å². The zero-order valence-electron chi connectivity index (χ0n) is 14.6. The molecule has 6 heteroatoms. The molecule has 0 amide bonds. The third-order valence-corrected chi connectivity index (χ3v) is 4.13. The van der Waals surface area contributed by atoms with E-state index in [1.54, 1.807) is 24.3 Å². The summed E-state index contributed by atoms with van der Waals surface area (Å²) in [6, 6.07) is 13.3. The number of halogens is 1. The number of hydrogen-bond donors (Lipinski definition) is 2. The molecule has 2 aromatic carbocycles. The fourth-order valence-corrected chi connectivity index (χ4v) is 2.69. The molecule has 0 unspecified atom stereocenters. The molecule has 0 fully saturated rings. The van der Waals surface area contributed by atoms with E-state index >= 15 is 0 Å². The first kappa shape index (κ1) is 19.1. The zero-order chi connectivity index (χ0) is 18.2. The summed E-state index contributed by atoms with van der Waals surface area (Å²) in [5, 5.41) is 13.7. The number of nitrogens with zero attached hydrogens (tertiary/aromatic N) is 2. The summed E-state index contributed by atoms with van der Waals surface area (Å²) in [7, 11) is 4.06. The lowest BCUT2D eigenvalue weighted by atomic mass is 10.2. The van der Waals surface area contributed by atoms with Crippen LogP contribution in [0.4, 0.5) is 10.1 Å². The average Bonchev–Trinajstić information content (AvgIpc) is 2.57. The van der Waals surface area contributed by atoms with Crippen LogP contribution in [0.1, 0.15) is 12.0 Å². The first-order valence-electron chi connectivity index (χ1n) is 8.19. The standard InChI is InChI=1S/C19H24FN3OS/c1-22(2)12-5-13-23(14-15-6-3-4-7-18(15)24)19(25)21-17-10-8-16(20)9-11-17/h3-4,6-11,24H,5,12-14H2,1-2H3,(H,21,25). The number of thiocarbonyl (C=S) groups is 1. The third kappa shape index (κ3) is 6.32. The van der Waals surface area contributed by atoms with E-state index < -0.39 is 0 Å². The van der Waals surface area contributed by atoms with E-state index in [0.717, 1.165) is 30.8 Å². The van der Waals surface area contributed by atoms with Crippen LogP contribution in [-0.2, 0) is 6.54 Å². The molecule has 0 aliphatic heterocycles. The first-order chi connectivity index (χ1) is 12.0. The molecule has 25 heavy (non-hydrogen) atoms. The molecule has 2 aromatic rings. The molecule has 0 aliphatic rings. The number of rotatable bonds is 7. The third-order valence-electron chi connectivity index (χ3n) is 3.77. The van der Waals surface area contributed by atoms with Crippen LogP contribution in [0, 0.1) is 5.82 Å². The van der Waals surface area contributed by atoms with E-state index in [1.165, 1.54) is 12.1 Å². The van der Waals surface area contributed by atoms with Gasteiger partial charge >= 0.3 is 0 Å². The smallest absolute Gasteiger partial charge is 0.173 e. The van der Waals surface area contributed by atoms with Crippen molar-refractivity contribution in [1.82, 2.24) is 9.80 Å². The minimum Gasteiger partial charge on any atom is -0.508 e. The Bertz CT molecular complexity index is 691. The van der Waals surface area contributed by atoms with Gasteiger partial charge in [0.05, 0.1) is 0 Å². The molecular weight excluding hydrogens is 337 g/mol. The minimum absolute atomic E-state index is 0.254. The second kappa shape index (κ2) is 9.34. The van der Waals surface area contributed by atoms with Crippen LogP contribution < -0.4 is 5.32 Å². The monoisotopic (exact) mass is 361 g/mol. The molecule has 0 radical (unpaired) electrons. The highest BCUT2D eigenvalue weighted by Gasteiger charge is 2.13. The van der Waals surface area contributed by atoms with E-state index in [9.17, 15) is 9.50 Å². The molecule has 0 saturated heterocycles. The van der Waals surface area contributed by atoms with Gasteiger partial charge in [-0.25, -0.2) is 4.39 Å². The molecular formula is C19H24FN3OS. The van der Waals surface area contributed by atoms with E-state index in [4.69, 9.17) is 12.2 Å². The van der Waals surface area contributed by atoms with Crippen molar-refractivity contribution < 1.29 is 9.50 Å². The number of aromatic hydroxyl groups is 1. The summed E-state index contributed by atoms with van der Waals surface area (Å²) < 4.78 is 13.1. The Kier molecular flexibility index (Phi) is 7.16. The Morgan fingerprint density at radius 1 is 1.08 bits per heavy atom. The summed E-state index contributed by atoms with van der Waals surface area (Å²) in [6.07, 6.45) is 0.936. The molecule has 0 spiro atoms. The predicted molar refractivity (Wildman–Crippen MR) is 104 cm³/mol. The Labute approximate surface area is 153 Å². The van der Waals surface area contributed by atoms with Gasteiger partial charge in [-0.1, -0.05) is 18.2 Å². The fourth-order valence-electron chi connectivity index (χ4n) is 2.42. The molecule has 0 atom stereocenters. The highest BCUT2D eigenvalue weighted by Crippen LogP contribution is 2.19. The maximum Gasteiger partial charge on any atom is 0.173 e. The Morgan fingerprint density at radius 3 is 2.40 bits per heavy atom. The average molecular weight is 361 g/mol. The molecule has 2 rings (SSSR count). The van der Waals surface area contributed by atoms with Crippen LogP contribution >= 0.6 is 12.2 Å². The summed E-state index contributed by atoms with van der Waals surface area (Å²) in [5.41, 5.74) is 1.55. The van der Waals surface area contributed by atoms with Gasteiger partial charge in [-0.2, -0.15) is 0 Å². The van der Waals surface area contributed by atoms with Gasteiger partial charge in [0.25, 0.3) is 0 Å². The lowest BCUT2D eigenvalue weighted by Crippen LogP contribution is -2.36. The summed E-state index contributed by atoms with van der Waals surface area (Å²) in [5.74, 6) is -0.0294. The van der Waals surface area contributed by atoms with Gasteiger partial charge in [0, 0.05) is 24.3 Å². The van der Waals surface area contributed by atoms with Gasteiger partial charge in [0.15, 0.2) is 5.11 Å². The van der Waals surface area contributed by atoms with Crippen LogP contribution in [0.3, 0.4) is 0 Å². The number of phenols is 1. The normalized spacial score (nSPS) is 10.7. The van der Waals surface area contributed by atoms with Crippen molar-refractivity contribution in [2.24, 2.45) is 0 Å². The van der Waals surface area contributed by atoms with Crippen LogP contribution in [0.15, 0.2) is 48.5 Å². The zero-order valence-corrected chi connectivity index (χ0v) is 15.4. The number of para-hydroxylation sites is 1. The largest absolute Gasteiger partial charge is 0.508 e. The molecule has 4 nitrogen and oxygen atoms in total. The van der Waals surface area contributed by atoms with Crippen LogP contribution in [0.2, 0.25) is 0 Å². The van der Waals surface area contributed by atoms with E-state index in [1.807, 2.05) is 31.1 Å². The molecule has 0 aromatic heterocycles. The van der Waals surface area contributed by atoms with Crippen molar-refractivity contribution in [3.05, 3.63) is 59.9 Å². The maximum absolute atomic E-state index is 13.1. The number of benzene rings is 2. The van der Waals surface area contributed by atoms with Gasteiger partial charge in [0.2, 0.25) is 0 Å². The predicted octanol–water partition coefficient (Wildman–Crippen LogP) is 3.68. The number of phenolic OH excluding ortho intramolecular Hbond substituents is 1. The second-order valence-electron chi connectivity index (χ2n) is 6.14. The molecule has 0 aliphatic carbocycles. The van der Waals surface area contributed by atoms with Gasteiger partial charge in [-0.15, -0.1) is 0 Å². The minimum atomic E-state index is -0.284. The molecule has 2 N–H and O–H groups in total. The van der Waals surface area contributed by atoms with Crippen molar-refractivity contribution in [1.29, 1.82) is 0 Å². The topological polar surface area (TPSA) is 38.7 Å². The molecule has 0 heterocycles. The van der Waals surface area contributed by atoms with Crippen molar-refractivity contribution in [3.8, 4) is 5.75 Å². The fraction of sp³-hybridized carbons (Fsp3) is 0.316. The summed E-state index contributed by atoms with van der Waals surface area (Å²) in [6.45, 7) is 2.20. The highest BCUT2D eigenvalue weighted by molar-refractivity contribution is 7.80. The van der Waals surface area contributed by atoms with Crippen LogP contribution in [0.25, 0.3) is 0 Å². The van der Waals surface area contributed by atoms with Gasteiger partial charge in [-0.05, 0) is 69.6 Å². The van der Waals surface area contributed by atoms with E-state index in [-0.39, 0.29) is 11.6 Å². The molecule has 134 valence electrons. The molecule has 0 saturated carbocycles. The van der Waals surface area contributed by atoms with Crippen LogP contribution in [0.5, 0.6) is 5.75 Å². The van der Waals surface area contributed by atoms with E-state index in [0.29, 0.717) is 11.7 Å². The quantitative estimate of drug-likeness (QED) is 0.736. The summed E-state index contributed by atoms with van der Waals surface area (Å²) in [4.78, 5) is 4.13. The van der Waals surface area contributed by atoms with Crippen LogP contribution in [-0.4, -0.2) is 47.2 Å². The number of anilines is 1. The SMILES string of the molecule is CN(C)CCCN(Cc1ccccc1O)C(=S)Nc1ccc(F)cc1. The Hall–Kier alpha value is -2.18. The second-order valence-corrected chi connectivity index (χ2v) is 6.53. The maximum atomic E-state index is 13.1. The number of hydrogen-bond acceptors (Lipinski definition) is 3. The molecule has 0 bridgehead atoms. The van der Waals surface area contributed by atoms with Gasteiger partial charge in [0.1, 0.15) is 11.6 Å². The Morgan fingerprint density at radius 2 is 1.76 bits per heavy atom. The van der Waals surface area contributed by atoms with E-state index in [2.05, 4.69) is 10.2 Å². The Balaban J connectivity index is 2.07. The van der Waals surface area contributed by atoms with Gasteiger partial charge in [-0.3, -0.25) is 0 Å². The van der Waals surface area contributed by atoms with Crippen molar-refractivity contribution in [2.75, 3.05) is 32.5 Å². The summed E-state index contributed by atoms with van der Waals surface area (Å²) >= 11 is 5.54. The number of nitrogens with one attached hydrogen (secondary N) is 1. The first-order valence-corrected chi connectivity index (χ1v) is 8.59. The highest BCUT2D eigenvalue weighted by atomic mass is 32.1. The van der Waals surface area contributed by atoms with Gasteiger partial charge < -0.3 is 20.2 Å². The lowest BCUT2D eigenvalue weighted by molar-refractivity contribution is 0.342. The van der Waals surface area contributed by atoms with Crippen molar-refractivity contribution >= 4 is 23.0 Å². The van der Waals surface area contributed by atoms with Crippen molar-refractivity contribution in [3.63, 3.8) is 0 Å².